The van der Waals surface area contributed by atoms with Gasteiger partial charge in [0, 0.05) is 17.7 Å². The van der Waals surface area contributed by atoms with E-state index >= 15 is 0 Å². The van der Waals surface area contributed by atoms with Crippen LogP contribution in [0.4, 0.5) is 14.5 Å². The molecule has 0 aromatic heterocycles. The lowest BCUT2D eigenvalue weighted by Gasteiger charge is -2.08. The highest BCUT2D eigenvalue weighted by Gasteiger charge is 2.15. The first kappa shape index (κ1) is 14.4. The van der Waals surface area contributed by atoms with Gasteiger partial charge in [0.2, 0.25) is 0 Å². The van der Waals surface area contributed by atoms with Gasteiger partial charge in [-0.1, -0.05) is 12.1 Å². The standard InChI is InChI=1S/C13H8BrF2NO3/c14-13-8(2-1-3-12(13)17(18)19)7-20-9-4-5-10(15)11(16)6-9/h1-6H,7H2. The molecule has 4 nitrogen and oxygen atoms in total. The molecule has 0 saturated heterocycles. The molecule has 0 heterocycles. The number of hydrogen-bond acceptors (Lipinski definition) is 3. The zero-order valence-corrected chi connectivity index (χ0v) is 11.6. The Kier molecular flexibility index (Phi) is 4.29. The van der Waals surface area contributed by atoms with Crippen LogP contribution in [0.5, 0.6) is 5.75 Å². The topological polar surface area (TPSA) is 52.4 Å². The van der Waals surface area contributed by atoms with Crippen molar-refractivity contribution >= 4 is 21.6 Å². The van der Waals surface area contributed by atoms with Crippen molar-refractivity contribution in [2.24, 2.45) is 0 Å². The predicted octanol–water partition coefficient (Wildman–Crippen LogP) is 4.21. The van der Waals surface area contributed by atoms with Crippen molar-refractivity contribution in [1.82, 2.24) is 0 Å². The third kappa shape index (κ3) is 3.11. The minimum absolute atomic E-state index is 0.00661. The lowest BCUT2D eigenvalue weighted by atomic mass is 10.2. The van der Waals surface area contributed by atoms with E-state index in [1.807, 2.05) is 0 Å². The Labute approximate surface area is 121 Å². The second-order valence-electron chi connectivity index (χ2n) is 3.87. The first-order chi connectivity index (χ1) is 9.49. The SMILES string of the molecule is O=[N+]([O-])c1cccc(COc2ccc(F)c(F)c2)c1Br. The molecule has 0 spiro atoms. The second-order valence-corrected chi connectivity index (χ2v) is 4.66. The monoisotopic (exact) mass is 343 g/mol. The summed E-state index contributed by atoms with van der Waals surface area (Å²) in [5, 5.41) is 10.8. The summed E-state index contributed by atoms with van der Waals surface area (Å²) in [5.74, 6) is -1.84. The molecule has 0 amide bonds. The Morgan fingerprint density at radius 2 is 1.95 bits per heavy atom. The van der Waals surface area contributed by atoms with E-state index in [0.717, 1.165) is 12.1 Å². The molecule has 0 bridgehead atoms. The minimum Gasteiger partial charge on any atom is -0.489 e. The fraction of sp³-hybridized carbons (Fsp3) is 0.0769. The van der Waals surface area contributed by atoms with Crippen LogP contribution < -0.4 is 4.74 Å². The number of nitrogens with zero attached hydrogens (tertiary/aromatic N) is 1. The van der Waals surface area contributed by atoms with Crippen LogP contribution in [-0.4, -0.2) is 4.92 Å². The molecule has 0 atom stereocenters. The van der Waals surface area contributed by atoms with E-state index in [2.05, 4.69) is 15.9 Å². The maximum absolute atomic E-state index is 13.0. The third-order valence-corrected chi connectivity index (χ3v) is 3.46. The smallest absolute Gasteiger partial charge is 0.283 e. The van der Waals surface area contributed by atoms with Crippen molar-refractivity contribution in [3.05, 3.63) is 68.2 Å². The zero-order chi connectivity index (χ0) is 14.7. The maximum Gasteiger partial charge on any atom is 0.283 e. The first-order valence-corrected chi connectivity index (χ1v) is 6.28. The number of benzene rings is 2. The number of hydrogen-bond donors (Lipinski definition) is 0. The van der Waals surface area contributed by atoms with Gasteiger partial charge in [-0.25, -0.2) is 8.78 Å². The van der Waals surface area contributed by atoms with Crippen molar-refractivity contribution in [2.75, 3.05) is 0 Å². The van der Waals surface area contributed by atoms with Crippen LogP contribution in [0.1, 0.15) is 5.56 Å². The van der Waals surface area contributed by atoms with Crippen LogP contribution in [0, 0.1) is 21.7 Å². The lowest BCUT2D eigenvalue weighted by Crippen LogP contribution is -1.99. The molecular formula is C13H8BrF2NO3. The van der Waals surface area contributed by atoms with Crippen LogP contribution in [0.2, 0.25) is 0 Å². The van der Waals surface area contributed by atoms with Crippen LogP contribution in [0.15, 0.2) is 40.9 Å². The van der Waals surface area contributed by atoms with Gasteiger partial charge in [-0.3, -0.25) is 10.1 Å². The Morgan fingerprint density at radius 1 is 1.20 bits per heavy atom. The molecule has 0 N–H and O–H groups in total. The van der Waals surface area contributed by atoms with Gasteiger partial charge < -0.3 is 4.74 Å². The molecule has 2 aromatic rings. The molecule has 0 fully saturated rings. The Balaban J connectivity index is 2.17. The number of nitro groups is 1. The molecule has 0 aliphatic carbocycles. The maximum atomic E-state index is 13.0. The predicted molar refractivity (Wildman–Crippen MR) is 71.5 cm³/mol. The van der Waals surface area contributed by atoms with Gasteiger partial charge in [-0.15, -0.1) is 0 Å². The number of ether oxygens (including phenoxy) is 1. The van der Waals surface area contributed by atoms with Gasteiger partial charge in [0.05, 0.1) is 4.92 Å². The fourth-order valence-corrected chi connectivity index (χ4v) is 2.07. The minimum atomic E-state index is -1.01. The highest BCUT2D eigenvalue weighted by molar-refractivity contribution is 9.10. The molecule has 7 heteroatoms. The van der Waals surface area contributed by atoms with E-state index in [9.17, 15) is 18.9 Å². The summed E-state index contributed by atoms with van der Waals surface area (Å²) in [7, 11) is 0. The highest BCUT2D eigenvalue weighted by Crippen LogP contribution is 2.29. The summed E-state index contributed by atoms with van der Waals surface area (Å²) in [6.07, 6.45) is 0. The average Bonchev–Trinajstić information content (AvgIpc) is 2.41. The molecule has 0 aliphatic heterocycles. The molecule has 0 radical (unpaired) electrons. The molecular weight excluding hydrogens is 336 g/mol. The number of rotatable bonds is 4. The van der Waals surface area contributed by atoms with Crippen LogP contribution in [-0.2, 0) is 6.61 Å². The van der Waals surface area contributed by atoms with Gasteiger partial charge in [0.25, 0.3) is 5.69 Å². The number of nitro benzene ring substituents is 1. The van der Waals surface area contributed by atoms with Crippen molar-refractivity contribution in [1.29, 1.82) is 0 Å². The number of halogens is 3. The summed E-state index contributed by atoms with van der Waals surface area (Å²) in [6.45, 7) is -0.00661. The largest absolute Gasteiger partial charge is 0.489 e. The van der Waals surface area contributed by atoms with Gasteiger partial charge in [0.15, 0.2) is 11.6 Å². The fourth-order valence-electron chi connectivity index (χ4n) is 1.55. The van der Waals surface area contributed by atoms with Crippen LogP contribution >= 0.6 is 15.9 Å². The summed E-state index contributed by atoms with van der Waals surface area (Å²) >= 11 is 3.13. The van der Waals surface area contributed by atoms with Crippen molar-refractivity contribution < 1.29 is 18.4 Å². The second kappa shape index (κ2) is 5.96. The molecule has 20 heavy (non-hydrogen) atoms. The summed E-state index contributed by atoms with van der Waals surface area (Å²) in [5.41, 5.74) is 0.445. The Morgan fingerprint density at radius 3 is 2.60 bits per heavy atom. The highest BCUT2D eigenvalue weighted by atomic mass is 79.9. The van der Waals surface area contributed by atoms with Gasteiger partial charge >= 0.3 is 0 Å². The molecule has 104 valence electrons. The zero-order valence-electron chi connectivity index (χ0n) is 9.98. The molecule has 0 unspecified atom stereocenters. The first-order valence-electron chi connectivity index (χ1n) is 5.48. The van der Waals surface area contributed by atoms with E-state index in [1.165, 1.54) is 18.2 Å². The van der Waals surface area contributed by atoms with E-state index in [4.69, 9.17) is 4.74 Å². The average molecular weight is 344 g/mol. The van der Waals surface area contributed by atoms with E-state index < -0.39 is 16.6 Å². The summed E-state index contributed by atoms with van der Waals surface area (Å²) in [6, 6.07) is 7.66. The molecule has 0 aliphatic rings. The lowest BCUT2D eigenvalue weighted by molar-refractivity contribution is -0.385. The van der Waals surface area contributed by atoms with E-state index in [1.54, 1.807) is 6.07 Å². The summed E-state index contributed by atoms with van der Waals surface area (Å²) in [4.78, 5) is 10.3. The van der Waals surface area contributed by atoms with E-state index in [-0.39, 0.29) is 18.0 Å². The van der Waals surface area contributed by atoms with Crippen molar-refractivity contribution in [2.45, 2.75) is 6.61 Å². The van der Waals surface area contributed by atoms with Crippen molar-refractivity contribution in [3.63, 3.8) is 0 Å². The molecule has 2 rings (SSSR count). The normalized spacial score (nSPS) is 10.3. The van der Waals surface area contributed by atoms with Gasteiger partial charge in [-0.05, 0) is 28.1 Å². The Hall–Kier alpha value is -2.02. The third-order valence-electron chi connectivity index (χ3n) is 2.54. The van der Waals surface area contributed by atoms with E-state index in [0.29, 0.717) is 10.0 Å². The van der Waals surface area contributed by atoms with Crippen LogP contribution in [0.3, 0.4) is 0 Å². The quantitative estimate of drug-likeness (QED) is 0.617. The molecule has 0 saturated carbocycles. The van der Waals surface area contributed by atoms with Gasteiger partial charge in [0.1, 0.15) is 16.8 Å². The summed E-state index contributed by atoms with van der Waals surface area (Å²) < 4.78 is 31.3. The molecule has 2 aromatic carbocycles. The van der Waals surface area contributed by atoms with Crippen LogP contribution in [0.25, 0.3) is 0 Å². The Bertz CT molecular complexity index is 664. The van der Waals surface area contributed by atoms with Gasteiger partial charge in [-0.2, -0.15) is 0 Å². The van der Waals surface area contributed by atoms with Crippen molar-refractivity contribution in [3.8, 4) is 5.75 Å².